The lowest BCUT2D eigenvalue weighted by molar-refractivity contribution is -0.146. The zero-order valence-electron chi connectivity index (χ0n) is 24.2. The molecule has 0 bridgehead atoms. The molecule has 2 amide bonds. The summed E-state index contributed by atoms with van der Waals surface area (Å²) >= 11 is 0. The lowest BCUT2D eigenvalue weighted by Gasteiger charge is -2.32. The maximum absolute atomic E-state index is 14.7. The molecule has 1 fully saturated rings. The summed E-state index contributed by atoms with van der Waals surface area (Å²) in [5, 5.41) is 0. The fourth-order valence-electron chi connectivity index (χ4n) is 5.48. The molecule has 222 valence electrons. The van der Waals surface area contributed by atoms with Crippen LogP contribution < -0.4 is 9.47 Å². The number of carbonyl (C=O) groups is 2. The van der Waals surface area contributed by atoms with E-state index in [4.69, 9.17) is 14.2 Å². The van der Waals surface area contributed by atoms with Gasteiger partial charge in [-0.1, -0.05) is 84.4 Å². The van der Waals surface area contributed by atoms with Gasteiger partial charge in [0.1, 0.15) is 6.04 Å². The molecule has 1 saturated heterocycles. The maximum atomic E-state index is 14.7. The predicted octanol–water partition coefficient (Wildman–Crippen LogP) is 5.51. The summed E-state index contributed by atoms with van der Waals surface area (Å²) in [5.41, 5.74) is 2.58. The monoisotopic (exact) mass is 600 g/mol. The second-order valence-corrected chi connectivity index (χ2v) is 11.9. The van der Waals surface area contributed by atoms with Crippen molar-refractivity contribution in [1.82, 2.24) is 9.21 Å². The van der Waals surface area contributed by atoms with Gasteiger partial charge in [0.25, 0.3) is 10.0 Å². The first-order chi connectivity index (χ1) is 20.7. The van der Waals surface area contributed by atoms with E-state index in [0.29, 0.717) is 28.2 Å². The van der Waals surface area contributed by atoms with Crippen molar-refractivity contribution in [3.8, 4) is 11.5 Å². The van der Waals surface area contributed by atoms with E-state index in [-0.39, 0.29) is 4.90 Å². The second-order valence-electron chi connectivity index (χ2n) is 10.1. The minimum Gasteiger partial charge on any atom is -0.493 e. The Bertz CT molecular complexity index is 1670. The molecule has 1 aliphatic rings. The van der Waals surface area contributed by atoms with Crippen LogP contribution in [0.1, 0.15) is 34.3 Å². The quantitative estimate of drug-likeness (QED) is 0.234. The van der Waals surface area contributed by atoms with Crippen LogP contribution in [0.2, 0.25) is 0 Å². The molecular formula is C33H32N2O7S. The number of hydrogen-bond donors (Lipinski definition) is 0. The van der Waals surface area contributed by atoms with Crippen molar-refractivity contribution in [2.45, 2.75) is 29.9 Å². The number of sulfonamides is 1. The molecule has 5 rings (SSSR count). The Labute approximate surface area is 251 Å². The summed E-state index contributed by atoms with van der Waals surface area (Å²) in [4.78, 5) is 29.7. The van der Waals surface area contributed by atoms with Gasteiger partial charge in [-0.2, -0.15) is 0 Å². The lowest BCUT2D eigenvalue weighted by Crippen LogP contribution is -2.43. The van der Waals surface area contributed by atoms with Crippen LogP contribution in [-0.2, 0) is 19.6 Å². The zero-order chi connectivity index (χ0) is 30.7. The van der Waals surface area contributed by atoms with Crippen molar-refractivity contribution < 1.29 is 32.2 Å². The fraction of sp³-hybridized carbons (Fsp3) is 0.212. The smallest absolute Gasteiger partial charge is 0.336 e. The Kier molecular flexibility index (Phi) is 8.40. The SMILES string of the molecule is COC(=O)C1C(c2ccc(OC)c(OC)c2)N(S(=O)(=O)c2ccc(C)cc2)C(=O)N1C(c1ccccc1)c1ccccc1. The van der Waals surface area contributed by atoms with Gasteiger partial charge in [-0.05, 0) is 47.9 Å². The molecule has 10 heteroatoms. The van der Waals surface area contributed by atoms with Crippen LogP contribution in [0.5, 0.6) is 11.5 Å². The highest BCUT2D eigenvalue weighted by molar-refractivity contribution is 7.89. The Morgan fingerprint density at radius 3 is 1.84 bits per heavy atom. The van der Waals surface area contributed by atoms with Gasteiger partial charge in [0.2, 0.25) is 0 Å². The summed E-state index contributed by atoms with van der Waals surface area (Å²) in [5.74, 6) is -0.0575. The predicted molar refractivity (Wildman–Crippen MR) is 160 cm³/mol. The van der Waals surface area contributed by atoms with E-state index >= 15 is 0 Å². The number of rotatable bonds is 9. The molecule has 2 unspecified atom stereocenters. The van der Waals surface area contributed by atoms with Crippen molar-refractivity contribution in [1.29, 1.82) is 0 Å². The van der Waals surface area contributed by atoms with Gasteiger partial charge in [0.05, 0.1) is 32.3 Å². The summed E-state index contributed by atoms with van der Waals surface area (Å²) in [7, 11) is -0.333. The molecule has 0 aromatic heterocycles. The highest BCUT2D eigenvalue weighted by Gasteiger charge is 2.58. The standard InChI is InChI=1S/C33H32N2O7S/c1-22-15-18-26(19-16-22)43(38,39)35-30(25-17-20-27(40-2)28(21-25)41-3)31(32(36)42-4)34(33(35)37)29(23-11-7-5-8-12-23)24-13-9-6-10-14-24/h5-21,29-31H,1-4H3. The Morgan fingerprint density at radius 2 is 1.33 bits per heavy atom. The lowest BCUT2D eigenvalue weighted by atomic mass is 9.93. The van der Waals surface area contributed by atoms with Gasteiger partial charge in [-0.3, -0.25) is 4.90 Å². The van der Waals surface area contributed by atoms with Gasteiger partial charge in [-0.25, -0.2) is 22.3 Å². The minimum atomic E-state index is -4.48. The van der Waals surface area contributed by atoms with E-state index in [1.54, 1.807) is 30.3 Å². The maximum Gasteiger partial charge on any atom is 0.336 e. The first-order valence-electron chi connectivity index (χ1n) is 13.6. The van der Waals surface area contributed by atoms with Gasteiger partial charge in [0.15, 0.2) is 17.5 Å². The molecule has 1 heterocycles. The molecular weight excluding hydrogens is 568 g/mol. The Balaban J connectivity index is 1.80. The molecule has 4 aromatic rings. The molecule has 0 saturated carbocycles. The van der Waals surface area contributed by atoms with E-state index in [1.807, 2.05) is 67.6 Å². The molecule has 1 aliphatic heterocycles. The average molecular weight is 601 g/mol. The normalized spacial score (nSPS) is 16.8. The van der Waals surface area contributed by atoms with Gasteiger partial charge >= 0.3 is 12.0 Å². The number of esters is 1. The molecule has 9 nitrogen and oxygen atoms in total. The molecule has 0 spiro atoms. The Morgan fingerprint density at radius 1 is 0.767 bits per heavy atom. The van der Waals surface area contributed by atoms with Crippen LogP contribution in [-0.4, -0.2) is 57.0 Å². The molecule has 0 N–H and O–H groups in total. The summed E-state index contributed by atoms with van der Waals surface area (Å²) in [6.07, 6.45) is 0. The van der Waals surface area contributed by atoms with Crippen LogP contribution in [0.3, 0.4) is 0 Å². The van der Waals surface area contributed by atoms with Crippen LogP contribution in [0.15, 0.2) is 108 Å². The number of urea groups is 1. The van der Waals surface area contributed by atoms with E-state index in [1.165, 1.54) is 38.4 Å². The van der Waals surface area contributed by atoms with Crippen molar-refractivity contribution in [3.05, 3.63) is 125 Å². The summed E-state index contributed by atoms with van der Waals surface area (Å²) < 4.78 is 45.7. The third-order valence-corrected chi connectivity index (χ3v) is 9.31. The van der Waals surface area contributed by atoms with Crippen molar-refractivity contribution in [2.75, 3.05) is 21.3 Å². The number of ether oxygens (including phenoxy) is 3. The Hall–Kier alpha value is -4.83. The molecule has 2 atom stereocenters. The summed E-state index contributed by atoms with van der Waals surface area (Å²) in [6.45, 7) is 1.84. The molecule has 43 heavy (non-hydrogen) atoms. The average Bonchev–Trinajstić information content (AvgIpc) is 3.34. The van der Waals surface area contributed by atoms with E-state index in [2.05, 4.69) is 0 Å². The van der Waals surface area contributed by atoms with Gasteiger partial charge < -0.3 is 14.2 Å². The number of carbonyl (C=O) groups excluding carboxylic acids is 2. The number of methoxy groups -OCH3 is 3. The van der Waals surface area contributed by atoms with E-state index < -0.39 is 40.1 Å². The van der Waals surface area contributed by atoms with E-state index in [0.717, 1.165) is 9.87 Å². The third-order valence-electron chi connectivity index (χ3n) is 7.54. The van der Waals surface area contributed by atoms with Crippen LogP contribution in [0, 0.1) is 6.92 Å². The number of hydrogen-bond acceptors (Lipinski definition) is 7. The summed E-state index contributed by atoms with van der Waals surface area (Å²) in [6, 6.07) is 25.0. The number of benzene rings is 4. The van der Waals surface area contributed by atoms with E-state index in [9.17, 15) is 18.0 Å². The highest BCUT2D eigenvalue weighted by Crippen LogP contribution is 2.47. The van der Waals surface area contributed by atoms with Crippen molar-refractivity contribution >= 4 is 22.0 Å². The third kappa shape index (κ3) is 5.41. The zero-order valence-corrected chi connectivity index (χ0v) is 25.0. The van der Waals surface area contributed by atoms with Crippen LogP contribution in [0.25, 0.3) is 0 Å². The fourth-order valence-corrected chi connectivity index (χ4v) is 7.02. The van der Waals surface area contributed by atoms with Crippen molar-refractivity contribution in [3.63, 3.8) is 0 Å². The number of amides is 2. The molecule has 0 radical (unpaired) electrons. The number of aryl methyl sites for hydroxylation is 1. The number of nitrogens with zero attached hydrogens (tertiary/aromatic N) is 2. The largest absolute Gasteiger partial charge is 0.493 e. The van der Waals surface area contributed by atoms with Gasteiger partial charge in [-0.15, -0.1) is 0 Å². The first kappa shape index (κ1) is 29.7. The van der Waals surface area contributed by atoms with Crippen LogP contribution in [0.4, 0.5) is 4.79 Å². The van der Waals surface area contributed by atoms with Crippen molar-refractivity contribution in [2.24, 2.45) is 0 Å². The first-order valence-corrected chi connectivity index (χ1v) is 15.0. The second kappa shape index (κ2) is 12.2. The molecule has 0 aliphatic carbocycles. The van der Waals surface area contributed by atoms with Gasteiger partial charge in [0, 0.05) is 0 Å². The van der Waals surface area contributed by atoms with Crippen LogP contribution >= 0.6 is 0 Å². The molecule has 4 aromatic carbocycles. The topological polar surface area (TPSA) is 102 Å². The highest BCUT2D eigenvalue weighted by atomic mass is 32.2. The minimum absolute atomic E-state index is 0.0848.